The Kier molecular flexibility index (Phi) is 10.7. The number of likely N-dealkylation sites (N-methyl/N-ethyl adjacent to an activating group) is 1. The Balaban J connectivity index is 1.41. The Morgan fingerprint density at radius 2 is 1.65 bits per heavy atom. The summed E-state index contributed by atoms with van der Waals surface area (Å²) in [5.74, 6) is 3.24. The van der Waals surface area contributed by atoms with E-state index in [9.17, 15) is 9.18 Å². The van der Waals surface area contributed by atoms with Gasteiger partial charge in [-0.15, -0.1) is 0 Å². The molecule has 1 aromatic carbocycles. The van der Waals surface area contributed by atoms with Crippen LogP contribution in [-0.4, -0.2) is 24.4 Å². The zero-order valence-corrected chi connectivity index (χ0v) is 22.1. The van der Waals surface area contributed by atoms with Crippen LogP contribution in [0, 0.1) is 23.6 Å². The molecule has 1 aromatic rings. The van der Waals surface area contributed by atoms with Crippen LogP contribution in [-0.2, 0) is 11.2 Å². The molecule has 0 bridgehead atoms. The Labute approximate surface area is 208 Å². The molecule has 0 spiro atoms. The molecule has 3 rings (SSSR count). The molecule has 2 nitrogen and oxygen atoms in total. The first-order valence-electron chi connectivity index (χ1n) is 14.1. The number of benzene rings is 1. The molecule has 2 aliphatic carbocycles. The number of amides is 1. The summed E-state index contributed by atoms with van der Waals surface area (Å²) in [7, 11) is 1.78. The third kappa shape index (κ3) is 7.68. The highest BCUT2D eigenvalue weighted by Gasteiger charge is 2.31. The molecule has 2 saturated carbocycles. The molecule has 0 aliphatic heterocycles. The average Bonchev–Trinajstić information content (AvgIpc) is 2.85. The fraction of sp³-hybridized carbons (Fsp3) is 0.710. The second kappa shape index (κ2) is 13.4. The van der Waals surface area contributed by atoms with Gasteiger partial charge in [0.1, 0.15) is 5.82 Å². The first kappa shape index (κ1) is 27.0. The Morgan fingerprint density at radius 3 is 2.24 bits per heavy atom. The van der Waals surface area contributed by atoms with E-state index in [4.69, 9.17) is 0 Å². The zero-order chi connectivity index (χ0) is 24.5. The van der Waals surface area contributed by atoms with Gasteiger partial charge in [0.25, 0.3) is 0 Å². The number of unbranched alkanes of at least 4 members (excludes halogenated alkanes) is 2. The smallest absolute Gasteiger partial charge is 0.248 e. The van der Waals surface area contributed by atoms with Gasteiger partial charge in [-0.05, 0) is 99.2 Å². The van der Waals surface area contributed by atoms with E-state index in [1.165, 1.54) is 82.6 Å². The Bertz CT molecular complexity index is 787. The fourth-order valence-electron chi connectivity index (χ4n) is 6.51. The van der Waals surface area contributed by atoms with Crippen molar-refractivity contribution in [3.63, 3.8) is 0 Å². The number of hydrogen-bond donors (Lipinski definition) is 0. The van der Waals surface area contributed by atoms with E-state index >= 15 is 0 Å². The second-order valence-corrected chi connectivity index (χ2v) is 11.3. The van der Waals surface area contributed by atoms with Gasteiger partial charge < -0.3 is 4.90 Å². The van der Waals surface area contributed by atoms with Crippen LogP contribution in [0.2, 0.25) is 0 Å². The van der Waals surface area contributed by atoms with Crippen molar-refractivity contribution in [3.8, 4) is 0 Å². The number of aryl methyl sites for hydroxylation is 1. The van der Waals surface area contributed by atoms with E-state index in [2.05, 4.69) is 19.6 Å². The van der Waals surface area contributed by atoms with Crippen LogP contribution in [0.15, 0.2) is 30.4 Å². The molecule has 190 valence electrons. The van der Waals surface area contributed by atoms with E-state index in [0.717, 1.165) is 29.7 Å². The van der Waals surface area contributed by atoms with Gasteiger partial charge in [-0.1, -0.05) is 64.2 Å². The molecule has 0 N–H and O–H groups in total. The lowest BCUT2D eigenvalue weighted by atomic mass is 9.68. The van der Waals surface area contributed by atoms with Crippen molar-refractivity contribution in [2.45, 2.75) is 110 Å². The van der Waals surface area contributed by atoms with Crippen LogP contribution >= 0.6 is 0 Å². The predicted molar refractivity (Wildman–Crippen MR) is 141 cm³/mol. The summed E-state index contributed by atoms with van der Waals surface area (Å²) >= 11 is 0. The molecule has 34 heavy (non-hydrogen) atoms. The van der Waals surface area contributed by atoms with E-state index < -0.39 is 0 Å². The maximum absolute atomic E-state index is 14.8. The monoisotopic (exact) mass is 469 g/mol. The summed E-state index contributed by atoms with van der Waals surface area (Å²) in [5.41, 5.74) is 2.50. The molecule has 0 aromatic heterocycles. The number of hydrogen-bond acceptors (Lipinski definition) is 1. The summed E-state index contributed by atoms with van der Waals surface area (Å²) < 4.78 is 14.8. The highest BCUT2D eigenvalue weighted by molar-refractivity contribution is 5.91. The van der Waals surface area contributed by atoms with E-state index in [0.29, 0.717) is 24.5 Å². The minimum absolute atomic E-state index is 0.0357. The fourth-order valence-corrected chi connectivity index (χ4v) is 6.51. The first-order chi connectivity index (χ1) is 16.4. The van der Waals surface area contributed by atoms with Crippen molar-refractivity contribution in [2.24, 2.45) is 17.8 Å². The lowest BCUT2D eigenvalue weighted by molar-refractivity contribution is -0.125. The van der Waals surface area contributed by atoms with Crippen LogP contribution in [0.25, 0.3) is 0 Å². The van der Waals surface area contributed by atoms with Crippen molar-refractivity contribution in [2.75, 3.05) is 13.6 Å². The molecule has 0 radical (unpaired) electrons. The third-order valence-corrected chi connectivity index (χ3v) is 8.75. The highest BCUT2D eigenvalue weighted by Crippen LogP contribution is 2.44. The van der Waals surface area contributed by atoms with Crippen LogP contribution in [0.3, 0.4) is 0 Å². The van der Waals surface area contributed by atoms with Crippen LogP contribution in [0.1, 0.15) is 114 Å². The lowest BCUT2D eigenvalue weighted by Crippen LogP contribution is -2.28. The normalized spacial score (nSPS) is 25.2. The number of halogens is 1. The largest absolute Gasteiger partial charge is 0.342 e. The molecule has 2 aliphatic rings. The molecular formula is C31H48FNO. The van der Waals surface area contributed by atoms with Gasteiger partial charge in [0.2, 0.25) is 5.91 Å². The maximum atomic E-state index is 14.8. The summed E-state index contributed by atoms with van der Waals surface area (Å²) in [6, 6.07) is 5.94. The minimum atomic E-state index is -0.0742. The number of rotatable bonds is 11. The molecule has 2 fully saturated rings. The maximum Gasteiger partial charge on any atom is 0.248 e. The summed E-state index contributed by atoms with van der Waals surface area (Å²) in [6.45, 7) is 8.35. The number of nitrogens with zero attached hydrogens (tertiary/aromatic N) is 1. The second-order valence-electron chi connectivity index (χ2n) is 11.3. The number of carbonyl (C=O) groups excluding carboxylic acids is 1. The first-order valence-corrected chi connectivity index (χ1v) is 14.1. The van der Waals surface area contributed by atoms with E-state index in [1.807, 2.05) is 6.07 Å². The van der Waals surface area contributed by atoms with Crippen LogP contribution < -0.4 is 0 Å². The van der Waals surface area contributed by atoms with Gasteiger partial charge in [-0.25, -0.2) is 4.39 Å². The van der Waals surface area contributed by atoms with E-state index in [-0.39, 0.29) is 11.7 Å². The molecule has 0 heterocycles. The van der Waals surface area contributed by atoms with Gasteiger partial charge in [-0.3, -0.25) is 4.79 Å². The Morgan fingerprint density at radius 1 is 1.00 bits per heavy atom. The minimum Gasteiger partial charge on any atom is -0.342 e. The Hall–Kier alpha value is -1.64. The topological polar surface area (TPSA) is 20.3 Å². The van der Waals surface area contributed by atoms with Crippen molar-refractivity contribution >= 4 is 5.91 Å². The molecule has 0 saturated heterocycles. The molecule has 0 unspecified atom stereocenters. The molecular weight excluding hydrogens is 421 g/mol. The van der Waals surface area contributed by atoms with Gasteiger partial charge in [0.05, 0.1) is 0 Å². The SMILES string of the molecule is C=C(C)C(=O)N(C)CCCc1ccc(C2CCC(C3CCC(CCCCC)CC3)CC2)cc1F. The van der Waals surface area contributed by atoms with Crippen molar-refractivity contribution < 1.29 is 9.18 Å². The third-order valence-electron chi connectivity index (χ3n) is 8.75. The van der Waals surface area contributed by atoms with Crippen LogP contribution in [0.4, 0.5) is 4.39 Å². The van der Waals surface area contributed by atoms with E-state index in [1.54, 1.807) is 24.9 Å². The van der Waals surface area contributed by atoms with Gasteiger partial charge in [0, 0.05) is 19.2 Å². The predicted octanol–water partition coefficient (Wildman–Crippen LogP) is 8.45. The lowest BCUT2D eigenvalue weighted by Gasteiger charge is -2.38. The van der Waals surface area contributed by atoms with Crippen molar-refractivity contribution in [1.82, 2.24) is 4.90 Å². The summed E-state index contributed by atoms with van der Waals surface area (Å²) in [6.07, 6.45) is 17.9. The standard InChI is InChI=1S/C31H48FNO/c1-5-6-7-9-24-11-13-25(14-12-24)26-15-17-27(18-16-26)29-20-19-28(30(32)22-29)10-8-21-33(4)31(34)23(2)3/h19-20,22,24-27H,2,5-18,21H2,1,3-4H3. The van der Waals surface area contributed by atoms with Gasteiger partial charge in [-0.2, -0.15) is 0 Å². The molecule has 3 heteroatoms. The average molecular weight is 470 g/mol. The highest BCUT2D eigenvalue weighted by atomic mass is 19.1. The zero-order valence-electron chi connectivity index (χ0n) is 22.1. The molecule has 0 atom stereocenters. The van der Waals surface area contributed by atoms with Crippen molar-refractivity contribution in [3.05, 3.63) is 47.3 Å². The quantitative estimate of drug-likeness (QED) is 0.235. The van der Waals surface area contributed by atoms with Crippen molar-refractivity contribution in [1.29, 1.82) is 0 Å². The van der Waals surface area contributed by atoms with Crippen LogP contribution in [0.5, 0.6) is 0 Å². The summed E-state index contributed by atoms with van der Waals surface area (Å²) in [5, 5.41) is 0. The summed E-state index contributed by atoms with van der Waals surface area (Å²) in [4.78, 5) is 13.6. The molecule has 1 amide bonds. The van der Waals surface area contributed by atoms with Gasteiger partial charge >= 0.3 is 0 Å². The van der Waals surface area contributed by atoms with Gasteiger partial charge in [0.15, 0.2) is 0 Å². The number of carbonyl (C=O) groups is 1.